The molecule has 0 saturated carbocycles. The maximum atomic E-state index is 5.46. The van der Waals surface area contributed by atoms with Gasteiger partial charge in [-0.15, -0.1) is 0 Å². The van der Waals surface area contributed by atoms with Crippen LogP contribution in [-0.2, 0) is 19.7 Å². The van der Waals surface area contributed by atoms with E-state index in [1.807, 2.05) is 0 Å². The lowest BCUT2D eigenvalue weighted by atomic mass is 9.98. The molecule has 0 amide bonds. The predicted octanol–water partition coefficient (Wildman–Crippen LogP) is 3.03. The molecule has 1 aromatic rings. The Labute approximate surface area is 111 Å². The van der Waals surface area contributed by atoms with Crippen LogP contribution in [0.3, 0.4) is 0 Å². The van der Waals surface area contributed by atoms with Crippen molar-refractivity contribution in [2.24, 2.45) is 0 Å². The van der Waals surface area contributed by atoms with Crippen LogP contribution in [0.4, 0.5) is 0 Å². The van der Waals surface area contributed by atoms with Crippen LogP contribution >= 0.6 is 0 Å². The standard InChI is InChI=1S/C14H24O3Si/c1-11-9-12(2)14(13(3)10-11)7-8-18(15-4,16-5)17-6/h9-10H,7-8H2,1-6H3. The minimum atomic E-state index is -2.46. The number of aryl methyl sites for hydroxylation is 3. The van der Waals surface area contributed by atoms with Gasteiger partial charge in [0.05, 0.1) is 0 Å². The molecule has 102 valence electrons. The van der Waals surface area contributed by atoms with Crippen LogP contribution in [0.1, 0.15) is 22.3 Å². The zero-order valence-corrected chi connectivity index (χ0v) is 13.3. The Kier molecular flexibility index (Phi) is 5.53. The minimum absolute atomic E-state index is 0.807. The van der Waals surface area contributed by atoms with E-state index in [0.717, 1.165) is 12.5 Å². The normalized spacial score (nSPS) is 11.9. The van der Waals surface area contributed by atoms with Crippen LogP contribution in [0.25, 0.3) is 0 Å². The SMILES string of the molecule is CO[Si](CCc1c(C)cc(C)cc1C)(OC)OC. The van der Waals surface area contributed by atoms with Gasteiger partial charge in [0.1, 0.15) is 0 Å². The summed E-state index contributed by atoms with van der Waals surface area (Å²) in [5, 5.41) is 0. The number of benzene rings is 1. The summed E-state index contributed by atoms with van der Waals surface area (Å²) < 4.78 is 16.4. The summed E-state index contributed by atoms with van der Waals surface area (Å²) in [6.07, 6.45) is 0.930. The fraction of sp³-hybridized carbons (Fsp3) is 0.571. The Morgan fingerprint density at radius 3 is 1.72 bits per heavy atom. The summed E-state index contributed by atoms with van der Waals surface area (Å²) in [6.45, 7) is 6.44. The molecule has 1 aromatic carbocycles. The second-order valence-corrected chi connectivity index (χ2v) is 7.76. The highest BCUT2D eigenvalue weighted by Gasteiger charge is 2.37. The second kappa shape index (κ2) is 6.47. The highest BCUT2D eigenvalue weighted by Crippen LogP contribution is 2.22. The molecular formula is C14H24O3Si. The highest BCUT2D eigenvalue weighted by atomic mass is 28.4. The van der Waals surface area contributed by atoms with E-state index in [9.17, 15) is 0 Å². The molecule has 4 heteroatoms. The van der Waals surface area contributed by atoms with E-state index in [0.29, 0.717) is 0 Å². The number of hydrogen-bond donors (Lipinski definition) is 0. The zero-order chi connectivity index (χ0) is 13.8. The van der Waals surface area contributed by atoms with Crippen molar-refractivity contribution in [3.63, 3.8) is 0 Å². The van der Waals surface area contributed by atoms with Crippen LogP contribution < -0.4 is 0 Å². The highest BCUT2D eigenvalue weighted by molar-refractivity contribution is 6.60. The molecule has 0 aliphatic heterocycles. The summed E-state index contributed by atoms with van der Waals surface area (Å²) in [7, 11) is 2.52. The smallest absolute Gasteiger partial charge is 0.377 e. The molecule has 1 rings (SSSR count). The first-order valence-electron chi connectivity index (χ1n) is 6.20. The van der Waals surface area contributed by atoms with Crippen molar-refractivity contribution >= 4 is 8.80 Å². The average molecular weight is 268 g/mol. The average Bonchev–Trinajstić information content (AvgIpc) is 2.33. The Hall–Kier alpha value is -0.683. The lowest BCUT2D eigenvalue weighted by Crippen LogP contribution is -2.43. The summed E-state index contributed by atoms with van der Waals surface area (Å²) in [6, 6.07) is 5.25. The number of rotatable bonds is 6. The van der Waals surface area contributed by atoms with E-state index in [1.54, 1.807) is 21.3 Å². The Bertz CT molecular complexity index is 369. The molecule has 0 radical (unpaired) electrons. The van der Waals surface area contributed by atoms with Gasteiger partial charge in [-0.05, 0) is 43.9 Å². The Morgan fingerprint density at radius 2 is 1.33 bits per heavy atom. The fourth-order valence-corrected chi connectivity index (χ4v) is 4.11. The maximum Gasteiger partial charge on any atom is 0.500 e. The van der Waals surface area contributed by atoms with Crippen LogP contribution in [-0.4, -0.2) is 30.1 Å². The van der Waals surface area contributed by atoms with E-state index < -0.39 is 8.80 Å². The Morgan fingerprint density at radius 1 is 0.889 bits per heavy atom. The molecule has 0 aliphatic rings. The summed E-state index contributed by atoms with van der Waals surface area (Å²) in [5.74, 6) is 0. The lowest BCUT2D eigenvalue weighted by Gasteiger charge is -2.25. The van der Waals surface area contributed by atoms with Crippen molar-refractivity contribution in [3.8, 4) is 0 Å². The summed E-state index contributed by atoms with van der Waals surface area (Å²) in [4.78, 5) is 0. The molecule has 18 heavy (non-hydrogen) atoms. The van der Waals surface area contributed by atoms with Crippen molar-refractivity contribution in [3.05, 3.63) is 34.4 Å². The van der Waals surface area contributed by atoms with Crippen molar-refractivity contribution in [1.29, 1.82) is 0 Å². The van der Waals surface area contributed by atoms with Crippen LogP contribution in [0.5, 0.6) is 0 Å². The first-order chi connectivity index (χ1) is 8.48. The minimum Gasteiger partial charge on any atom is -0.377 e. The van der Waals surface area contributed by atoms with Crippen molar-refractivity contribution in [1.82, 2.24) is 0 Å². The molecule has 0 unspecified atom stereocenters. The van der Waals surface area contributed by atoms with Gasteiger partial charge in [0.15, 0.2) is 0 Å². The van der Waals surface area contributed by atoms with Gasteiger partial charge in [-0.1, -0.05) is 17.7 Å². The van der Waals surface area contributed by atoms with Gasteiger partial charge in [-0.3, -0.25) is 0 Å². The van der Waals surface area contributed by atoms with E-state index in [1.165, 1.54) is 22.3 Å². The first kappa shape index (κ1) is 15.4. The summed E-state index contributed by atoms with van der Waals surface area (Å²) >= 11 is 0. The first-order valence-corrected chi connectivity index (χ1v) is 8.13. The molecule has 0 aromatic heterocycles. The Balaban J connectivity index is 2.86. The van der Waals surface area contributed by atoms with E-state index in [-0.39, 0.29) is 0 Å². The van der Waals surface area contributed by atoms with Gasteiger partial charge < -0.3 is 13.3 Å². The van der Waals surface area contributed by atoms with Crippen molar-refractivity contribution in [2.45, 2.75) is 33.2 Å². The molecule has 0 fully saturated rings. The van der Waals surface area contributed by atoms with E-state index >= 15 is 0 Å². The topological polar surface area (TPSA) is 27.7 Å². The molecule has 0 spiro atoms. The van der Waals surface area contributed by atoms with Crippen LogP contribution in [0.2, 0.25) is 6.04 Å². The fourth-order valence-electron chi connectivity index (χ4n) is 2.44. The predicted molar refractivity (Wildman–Crippen MR) is 75.9 cm³/mol. The van der Waals surface area contributed by atoms with E-state index in [4.69, 9.17) is 13.3 Å². The van der Waals surface area contributed by atoms with Gasteiger partial charge in [-0.25, -0.2) is 0 Å². The molecule has 0 bridgehead atoms. The van der Waals surface area contributed by atoms with Crippen LogP contribution in [0, 0.1) is 20.8 Å². The monoisotopic (exact) mass is 268 g/mol. The molecule has 0 N–H and O–H groups in total. The number of hydrogen-bond acceptors (Lipinski definition) is 3. The molecule has 0 atom stereocenters. The largest absolute Gasteiger partial charge is 0.500 e. The van der Waals surface area contributed by atoms with Gasteiger partial charge in [0.2, 0.25) is 0 Å². The van der Waals surface area contributed by atoms with Crippen molar-refractivity contribution in [2.75, 3.05) is 21.3 Å². The molecule has 0 heterocycles. The quantitative estimate of drug-likeness (QED) is 0.742. The van der Waals surface area contributed by atoms with Crippen LogP contribution in [0.15, 0.2) is 12.1 Å². The van der Waals surface area contributed by atoms with Crippen molar-refractivity contribution < 1.29 is 13.3 Å². The maximum absolute atomic E-state index is 5.46. The molecular weight excluding hydrogens is 244 g/mol. The van der Waals surface area contributed by atoms with Gasteiger partial charge in [-0.2, -0.15) is 0 Å². The third kappa shape index (κ3) is 3.42. The second-order valence-electron chi connectivity index (χ2n) is 4.67. The van der Waals surface area contributed by atoms with E-state index in [2.05, 4.69) is 32.9 Å². The third-order valence-electron chi connectivity index (χ3n) is 3.45. The molecule has 0 saturated heterocycles. The zero-order valence-electron chi connectivity index (χ0n) is 12.3. The van der Waals surface area contributed by atoms with Gasteiger partial charge >= 0.3 is 8.80 Å². The third-order valence-corrected chi connectivity index (χ3v) is 6.18. The summed E-state index contributed by atoms with van der Waals surface area (Å²) in [5.41, 5.74) is 5.35. The lowest BCUT2D eigenvalue weighted by molar-refractivity contribution is 0.123. The molecule has 0 aliphatic carbocycles. The van der Waals surface area contributed by atoms with Gasteiger partial charge in [0, 0.05) is 27.4 Å². The van der Waals surface area contributed by atoms with Gasteiger partial charge in [0.25, 0.3) is 0 Å². The molecule has 3 nitrogen and oxygen atoms in total.